The third-order valence-corrected chi connectivity index (χ3v) is 4.11. The average Bonchev–Trinajstić information content (AvgIpc) is 3.33. The van der Waals surface area contributed by atoms with Crippen molar-refractivity contribution < 1.29 is 18.7 Å². The van der Waals surface area contributed by atoms with E-state index in [1.165, 1.54) is 12.3 Å². The number of nitrogens with zero attached hydrogens (tertiary/aromatic N) is 4. The zero-order valence-corrected chi connectivity index (χ0v) is 14.7. The summed E-state index contributed by atoms with van der Waals surface area (Å²) in [6, 6.07) is 6.41. The lowest BCUT2D eigenvalue weighted by Crippen LogP contribution is -2.07. The molecule has 4 rings (SSSR count). The number of nitrogens with one attached hydrogen (secondary N) is 1. The monoisotopic (exact) mass is 381 g/mol. The second kappa shape index (κ2) is 7.47. The highest BCUT2D eigenvalue weighted by molar-refractivity contribution is 5.76. The molecule has 0 amide bonds. The fourth-order valence-electron chi connectivity index (χ4n) is 2.82. The van der Waals surface area contributed by atoms with Crippen LogP contribution < -0.4 is 5.32 Å². The number of fused-ring (bicyclic) bond motifs is 1. The van der Waals surface area contributed by atoms with Crippen LogP contribution in [0.25, 0.3) is 28.5 Å². The highest BCUT2D eigenvalue weighted by atomic mass is 19.1. The molecule has 8 nitrogen and oxygen atoms in total. The Labute approximate surface area is 158 Å². The number of hydrogen-bond acceptors (Lipinski definition) is 6. The van der Waals surface area contributed by atoms with Crippen LogP contribution in [0.4, 0.5) is 10.2 Å². The van der Waals surface area contributed by atoms with Gasteiger partial charge in [-0.25, -0.2) is 19.3 Å². The van der Waals surface area contributed by atoms with Gasteiger partial charge in [-0.15, -0.1) is 0 Å². The van der Waals surface area contributed by atoms with Gasteiger partial charge in [0.2, 0.25) is 0 Å². The van der Waals surface area contributed by atoms with Crippen LogP contribution in [0.2, 0.25) is 0 Å². The van der Waals surface area contributed by atoms with E-state index < -0.39 is 11.8 Å². The molecule has 0 saturated carbocycles. The molecule has 0 unspecified atom stereocenters. The number of aromatic nitrogens is 4. The molecular formula is C19H16FN5O3. The summed E-state index contributed by atoms with van der Waals surface area (Å²) in [6.07, 6.45) is 6.56. The molecule has 0 bridgehead atoms. The normalized spacial score (nSPS) is 11.0. The van der Waals surface area contributed by atoms with Gasteiger partial charge in [0, 0.05) is 37.1 Å². The minimum absolute atomic E-state index is 0.0361. The number of aliphatic carboxylic acids is 1. The number of carboxylic acid groups (broad SMARTS) is 1. The van der Waals surface area contributed by atoms with Gasteiger partial charge in [-0.3, -0.25) is 9.20 Å². The number of pyridine rings is 1. The van der Waals surface area contributed by atoms with Crippen LogP contribution >= 0.6 is 0 Å². The smallest absolute Gasteiger partial charge is 0.303 e. The molecule has 0 atom stereocenters. The number of furan rings is 1. The van der Waals surface area contributed by atoms with Crippen LogP contribution in [0.1, 0.15) is 12.8 Å². The molecule has 4 aromatic rings. The number of carboxylic acids is 1. The molecule has 0 radical (unpaired) electrons. The molecule has 0 saturated heterocycles. The first-order chi connectivity index (χ1) is 13.6. The molecule has 0 aliphatic carbocycles. The summed E-state index contributed by atoms with van der Waals surface area (Å²) in [5.41, 5.74) is 1.74. The minimum atomic E-state index is -0.867. The minimum Gasteiger partial charge on any atom is -0.481 e. The average molecular weight is 381 g/mol. The third-order valence-electron chi connectivity index (χ3n) is 4.11. The van der Waals surface area contributed by atoms with Crippen molar-refractivity contribution in [2.45, 2.75) is 12.8 Å². The summed E-state index contributed by atoms with van der Waals surface area (Å²) in [5.74, 6) is 0.270. The fourth-order valence-corrected chi connectivity index (χ4v) is 2.82. The Morgan fingerprint density at radius 3 is 2.79 bits per heavy atom. The van der Waals surface area contributed by atoms with Crippen LogP contribution in [0, 0.1) is 5.82 Å². The van der Waals surface area contributed by atoms with Gasteiger partial charge in [0.15, 0.2) is 11.6 Å². The molecule has 0 spiro atoms. The lowest BCUT2D eigenvalue weighted by Gasteiger charge is -2.08. The Balaban J connectivity index is 1.69. The standard InChI is InChI=1S/C19H16FN5O3/c20-13-5-6-15-24-17(19(25(15)11-13)21-7-1-4-16(26)27)12-9-22-18(23-10-12)14-3-2-8-28-14/h2-3,5-6,8-11,21H,1,4,7H2,(H,26,27). The zero-order valence-electron chi connectivity index (χ0n) is 14.7. The maximum Gasteiger partial charge on any atom is 0.303 e. The molecular weight excluding hydrogens is 365 g/mol. The van der Waals surface area contributed by atoms with E-state index in [4.69, 9.17) is 9.52 Å². The van der Waals surface area contributed by atoms with Crippen LogP contribution in [-0.2, 0) is 4.79 Å². The highest BCUT2D eigenvalue weighted by Gasteiger charge is 2.16. The largest absolute Gasteiger partial charge is 0.481 e. The van der Waals surface area contributed by atoms with Crippen molar-refractivity contribution in [3.8, 4) is 22.8 Å². The predicted octanol–water partition coefficient (Wildman–Crippen LogP) is 3.47. The van der Waals surface area contributed by atoms with Gasteiger partial charge < -0.3 is 14.8 Å². The Morgan fingerprint density at radius 2 is 2.07 bits per heavy atom. The van der Waals surface area contributed by atoms with E-state index in [1.807, 2.05) is 0 Å². The second-order valence-electron chi connectivity index (χ2n) is 6.08. The van der Waals surface area contributed by atoms with Gasteiger partial charge in [0.1, 0.15) is 23.0 Å². The summed E-state index contributed by atoms with van der Waals surface area (Å²) in [5, 5.41) is 12.0. The van der Waals surface area contributed by atoms with Crippen molar-refractivity contribution in [3.05, 3.63) is 54.9 Å². The van der Waals surface area contributed by atoms with Gasteiger partial charge in [-0.05, 0) is 30.7 Å². The number of hydrogen-bond donors (Lipinski definition) is 2. The van der Waals surface area contributed by atoms with Crippen molar-refractivity contribution in [2.75, 3.05) is 11.9 Å². The first kappa shape index (κ1) is 17.7. The van der Waals surface area contributed by atoms with Crippen molar-refractivity contribution in [1.82, 2.24) is 19.4 Å². The maximum absolute atomic E-state index is 13.7. The summed E-state index contributed by atoms with van der Waals surface area (Å²) < 4.78 is 20.6. The lowest BCUT2D eigenvalue weighted by atomic mass is 10.2. The quantitative estimate of drug-likeness (QED) is 0.472. The predicted molar refractivity (Wildman–Crippen MR) is 99.2 cm³/mol. The molecule has 28 heavy (non-hydrogen) atoms. The third kappa shape index (κ3) is 3.54. The van der Waals surface area contributed by atoms with Crippen LogP contribution in [0.5, 0.6) is 0 Å². The molecule has 2 N–H and O–H groups in total. The van der Waals surface area contributed by atoms with Crippen molar-refractivity contribution in [3.63, 3.8) is 0 Å². The maximum atomic E-state index is 13.7. The summed E-state index contributed by atoms with van der Waals surface area (Å²) >= 11 is 0. The molecule has 4 heterocycles. The lowest BCUT2D eigenvalue weighted by molar-refractivity contribution is -0.137. The Bertz CT molecular complexity index is 1110. The van der Waals surface area contributed by atoms with Gasteiger partial charge in [-0.1, -0.05) is 0 Å². The number of carbonyl (C=O) groups is 1. The van der Waals surface area contributed by atoms with Gasteiger partial charge in [-0.2, -0.15) is 0 Å². The Kier molecular flexibility index (Phi) is 4.71. The van der Waals surface area contributed by atoms with Gasteiger partial charge in [0.05, 0.1) is 6.26 Å². The molecule has 0 fully saturated rings. The van der Waals surface area contributed by atoms with E-state index >= 15 is 0 Å². The van der Waals surface area contributed by atoms with Crippen LogP contribution in [-0.4, -0.2) is 37.0 Å². The molecule has 9 heteroatoms. The van der Waals surface area contributed by atoms with Crippen molar-refractivity contribution in [1.29, 1.82) is 0 Å². The van der Waals surface area contributed by atoms with E-state index in [2.05, 4.69) is 20.3 Å². The summed E-state index contributed by atoms with van der Waals surface area (Å²) in [6.45, 7) is 0.398. The zero-order chi connectivity index (χ0) is 19.5. The number of halogens is 1. The number of rotatable bonds is 7. The van der Waals surface area contributed by atoms with Gasteiger partial charge >= 0.3 is 5.97 Å². The Hall–Kier alpha value is -3.75. The number of imidazole rings is 1. The second-order valence-corrected chi connectivity index (χ2v) is 6.08. The first-order valence-electron chi connectivity index (χ1n) is 8.61. The SMILES string of the molecule is O=C(O)CCCNc1c(-c2cnc(-c3ccco3)nc2)nc2ccc(F)cn12. The van der Waals surface area contributed by atoms with E-state index in [0.717, 1.165) is 0 Å². The Morgan fingerprint density at radius 1 is 1.25 bits per heavy atom. The van der Waals surface area contributed by atoms with E-state index in [0.29, 0.717) is 47.3 Å². The number of anilines is 1. The van der Waals surface area contributed by atoms with Crippen molar-refractivity contribution >= 4 is 17.4 Å². The summed E-state index contributed by atoms with van der Waals surface area (Å²) in [4.78, 5) is 23.9. The first-order valence-corrected chi connectivity index (χ1v) is 8.61. The van der Waals surface area contributed by atoms with E-state index in [1.54, 1.807) is 41.3 Å². The molecule has 0 aromatic carbocycles. The highest BCUT2D eigenvalue weighted by Crippen LogP contribution is 2.29. The van der Waals surface area contributed by atoms with Crippen LogP contribution in [0.3, 0.4) is 0 Å². The van der Waals surface area contributed by atoms with Crippen LogP contribution in [0.15, 0.2) is 53.5 Å². The van der Waals surface area contributed by atoms with Gasteiger partial charge in [0.25, 0.3) is 0 Å². The van der Waals surface area contributed by atoms with E-state index in [-0.39, 0.29) is 6.42 Å². The molecule has 4 aromatic heterocycles. The topological polar surface area (TPSA) is 106 Å². The molecule has 0 aliphatic heterocycles. The summed E-state index contributed by atoms with van der Waals surface area (Å²) in [7, 11) is 0. The van der Waals surface area contributed by atoms with E-state index in [9.17, 15) is 9.18 Å². The molecule has 142 valence electrons. The molecule has 0 aliphatic rings. The fraction of sp³-hybridized carbons (Fsp3) is 0.158. The van der Waals surface area contributed by atoms with Crippen molar-refractivity contribution in [2.24, 2.45) is 0 Å².